The summed E-state index contributed by atoms with van der Waals surface area (Å²) in [6.45, 7) is 0.660. The van der Waals surface area contributed by atoms with Gasteiger partial charge in [-0.15, -0.1) is 5.10 Å². The van der Waals surface area contributed by atoms with E-state index < -0.39 is 18.0 Å². The van der Waals surface area contributed by atoms with E-state index in [0.717, 1.165) is 11.1 Å². The highest BCUT2D eigenvalue weighted by Crippen LogP contribution is 2.26. The van der Waals surface area contributed by atoms with Crippen molar-refractivity contribution in [3.05, 3.63) is 84.2 Å². The molecule has 0 spiro atoms. The molecule has 208 valence electrons. The van der Waals surface area contributed by atoms with Gasteiger partial charge in [-0.25, -0.2) is 19.2 Å². The second kappa shape index (κ2) is 11.1. The molecule has 1 fully saturated rings. The molecule has 1 saturated heterocycles. The van der Waals surface area contributed by atoms with Crippen molar-refractivity contribution in [1.29, 1.82) is 0 Å². The van der Waals surface area contributed by atoms with E-state index in [1.54, 1.807) is 25.3 Å². The van der Waals surface area contributed by atoms with E-state index in [9.17, 15) is 14.0 Å². The molecular formula is C29H26FN7O4. The summed E-state index contributed by atoms with van der Waals surface area (Å²) in [5.74, 6) is 0.479. The average Bonchev–Trinajstić information content (AvgIpc) is 3.37. The summed E-state index contributed by atoms with van der Waals surface area (Å²) in [4.78, 5) is 36.7. The fourth-order valence-corrected chi connectivity index (χ4v) is 4.61. The van der Waals surface area contributed by atoms with Crippen LogP contribution in [0.2, 0.25) is 0 Å². The van der Waals surface area contributed by atoms with Crippen LogP contribution in [0.15, 0.2) is 72.8 Å². The Hall–Kier alpha value is -5.26. The molecule has 2 N–H and O–H groups in total. The van der Waals surface area contributed by atoms with Crippen molar-refractivity contribution in [2.75, 3.05) is 32.1 Å². The van der Waals surface area contributed by atoms with Crippen molar-refractivity contribution in [2.24, 2.45) is 0 Å². The summed E-state index contributed by atoms with van der Waals surface area (Å²) in [5.41, 5.74) is 2.35. The van der Waals surface area contributed by atoms with E-state index >= 15 is 0 Å². The van der Waals surface area contributed by atoms with Crippen molar-refractivity contribution < 1.29 is 23.5 Å². The van der Waals surface area contributed by atoms with Gasteiger partial charge < -0.3 is 25.0 Å². The number of nitrogens with zero attached hydrogens (tertiary/aromatic N) is 5. The largest absolute Gasteiger partial charge is 0.497 e. The predicted octanol–water partition coefficient (Wildman–Crippen LogP) is 3.64. The standard InChI is InChI=1S/C29H26FN7O4/c1-40-21-10-7-19(8-11-21)25-34-26-22-12-9-20(30)15-23(22)32-28(37(26)35-25)33-24-16-36(14-13-31-27(24)38)29(39)41-17-18-5-3-2-4-6-18/h2-12,15,24H,13-14,16-17H2,1H3,(H,31,38)(H,32,33)/t24-/m1/s1. The van der Waals surface area contributed by atoms with Gasteiger partial charge in [0.1, 0.15) is 24.2 Å². The van der Waals surface area contributed by atoms with Crippen LogP contribution < -0.4 is 15.4 Å². The number of hydrogen-bond acceptors (Lipinski definition) is 8. The molecule has 3 aromatic carbocycles. The lowest BCUT2D eigenvalue weighted by Gasteiger charge is -2.23. The van der Waals surface area contributed by atoms with Gasteiger partial charge in [-0.05, 0) is 42.0 Å². The van der Waals surface area contributed by atoms with Crippen molar-refractivity contribution in [1.82, 2.24) is 29.8 Å². The number of fused-ring (bicyclic) bond motifs is 3. The molecule has 0 radical (unpaired) electrons. The van der Waals surface area contributed by atoms with Crippen LogP contribution in [0.1, 0.15) is 5.56 Å². The normalized spacial score (nSPS) is 15.4. The molecule has 6 rings (SSSR count). The molecule has 11 nitrogen and oxygen atoms in total. The maximum Gasteiger partial charge on any atom is 0.410 e. The lowest BCUT2D eigenvalue weighted by molar-refractivity contribution is -0.121. The molecule has 0 unspecified atom stereocenters. The molecular weight excluding hydrogens is 529 g/mol. The summed E-state index contributed by atoms with van der Waals surface area (Å²) in [7, 11) is 1.58. The average molecular weight is 556 g/mol. The zero-order valence-electron chi connectivity index (χ0n) is 22.1. The molecule has 12 heteroatoms. The minimum absolute atomic E-state index is 0.0177. The Bertz CT molecular complexity index is 1730. The summed E-state index contributed by atoms with van der Waals surface area (Å²) < 4.78 is 26.4. The van der Waals surface area contributed by atoms with Gasteiger partial charge in [0.15, 0.2) is 11.5 Å². The van der Waals surface area contributed by atoms with E-state index in [1.807, 2.05) is 42.5 Å². The number of methoxy groups -OCH3 is 1. The topological polar surface area (TPSA) is 123 Å². The fraction of sp³-hybridized carbons (Fsp3) is 0.207. The fourth-order valence-electron chi connectivity index (χ4n) is 4.61. The Labute approximate surface area is 233 Å². The van der Waals surface area contributed by atoms with Crippen molar-refractivity contribution >= 4 is 34.5 Å². The molecule has 5 aromatic rings. The Balaban J connectivity index is 1.32. The van der Waals surface area contributed by atoms with E-state index in [0.29, 0.717) is 28.1 Å². The van der Waals surface area contributed by atoms with Crippen molar-refractivity contribution in [3.63, 3.8) is 0 Å². The Morgan fingerprint density at radius 3 is 2.68 bits per heavy atom. The first-order valence-electron chi connectivity index (χ1n) is 13.0. The molecule has 1 aliphatic heterocycles. The number of amides is 2. The molecule has 0 bridgehead atoms. The van der Waals surface area contributed by atoms with Gasteiger partial charge >= 0.3 is 6.09 Å². The molecule has 1 atom stereocenters. The second-order valence-corrected chi connectivity index (χ2v) is 9.47. The Morgan fingerprint density at radius 2 is 1.90 bits per heavy atom. The number of carbonyl (C=O) groups excluding carboxylic acids is 2. The highest BCUT2D eigenvalue weighted by molar-refractivity contribution is 5.93. The van der Waals surface area contributed by atoms with E-state index in [2.05, 4.69) is 20.7 Å². The third-order valence-electron chi connectivity index (χ3n) is 6.75. The monoisotopic (exact) mass is 555 g/mol. The Kier molecular flexibility index (Phi) is 7.02. The van der Waals surface area contributed by atoms with Gasteiger partial charge in [-0.3, -0.25) is 4.79 Å². The first kappa shape index (κ1) is 26.0. The molecule has 3 heterocycles. The molecule has 2 amide bonds. The van der Waals surface area contributed by atoms with Gasteiger partial charge in [0.25, 0.3) is 0 Å². The van der Waals surface area contributed by atoms with Gasteiger partial charge in [-0.1, -0.05) is 30.3 Å². The highest BCUT2D eigenvalue weighted by atomic mass is 19.1. The van der Waals surface area contributed by atoms with Crippen LogP contribution in [-0.2, 0) is 16.1 Å². The van der Waals surface area contributed by atoms with Crippen LogP contribution in [0.4, 0.5) is 15.1 Å². The third kappa shape index (κ3) is 5.44. The first-order chi connectivity index (χ1) is 20.0. The third-order valence-corrected chi connectivity index (χ3v) is 6.75. The number of halogens is 1. The second-order valence-electron chi connectivity index (χ2n) is 9.47. The maximum absolute atomic E-state index is 14.2. The smallest absolute Gasteiger partial charge is 0.410 e. The molecule has 0 aliphatic carbocycles. The first-order valence-corrected chi connectivity index (χ1v) is 13.0. The van der Waals surface area contributed by atoms with Crippen LogP contribution >= 0.6 is 0 Å². The van der Waals surface area contributed by atoms with Crippen LogP contribution in [-0.4, -0.2) is 69.3 Å². The number of carbonyl (C=O) groups is 2. The van der Waals surface area contributed by atoms with Gasteiger partial charge in [-0.2, -0.15) is 4.52 Å². The number of ether oxygens (including phenoxy) is 2. The number of rotatable bonds is 6. The van der Waals surface area contributed by atoms with Crippen molar-refractivity contribution in [3.8, 4) is 17.1 Å². The minimum Gasteiger partial charge on any atom is -0.497 e. The Morgan fingerprint density at radius 1 is 1.10 bits per heavy atom. The maximum atomic E-state index is 14.2. The predicted molar refractivity (Wildman–Crippen MR) is 149 cm³/mol. The lowest BCUT2D eigenvalue weighted by Crippen LogP contribution is -2.44. The molecule has 2 aromatic heterocycles. The number of benzene rings is 3. The van der Waals surface area contributed by atoms with Crippen molar-refractivity contribution in [2.45, 2.75) is 12.6 Å². The summed E-state index contributed by atoms with van der Waals surface area (Å²) in [5, 5.41) is 11.2. The zero-order valence-corrected chi connectivity index (χ0v) is 22.1. The molecule has 0 saturated carbocycles. The highest BCUT2D eigenvalue weighted by Gasteiger charge is 2.30. The van der Waals surface area contributed by atoms with E-state index in [1.165, 1.54) is 21.5 Å². The number of anilines is 1. The number of aromatic nitrogens is 4. The summed E-state index contributed by atoms with van der Waals surface area (Å²) >= 11 is 0. The van der Waals surface area contributed by atoms with E-state index in [-0.39, 0.29) is 38.1 Å². The zero-order chi connectivity index (χ0) is 28.3. The minimum atomic E-state index is -0.892. The van der Waals surface area contributed by atoms with Crippen LogP contribution in [0.3, 0.4) is 0 Å². The SMILES string of the molecule is COc1ccc(-c2nc3c4ccc(F)cc4nc(N[C@@H]4CN(C(=O)OCc5ccccc5)CCNC4=O)n3n2)cc1. The van der Waals surface area contributed by atoms with Gasteiger partial charge in [0, 0.05) is 30.1 Å². The number of nitrogens with one attached hydrogen (secondary N) is 2. The van der Waals surface area contributed by atoms with Gasteiger partial charge in [0.2, 0.25) is 11.9 Å². The molecule has 1 aliphatic rings. The number of hydrogen-bond donors (Lipinski definition) is 2. The van der Waals surface area contributed by atoms with Crippen LogP contribution in [0.25, 0.3) is 27.9 Å². The quantitative estimate of drug-likeness (QED) is 0.326. The van der Waals surface area contributed by atoms with Gasteiger partial charge in [0.05, 0.1) is 19.2 Å². The lowest BCUT2D eigenvalue weighted by atomic mass is 10.2. The van der Waals surface area contributed by atoms with E-state index in [4.69, 9.17) is 14.5 Å². The van der Waals surface area contributed by atoms with Crippen LogP contribution in [0.5, 0.6) is 5.75 Å². The molecule has 41 heavy (non-hydrogen) atoms. The van der Waals surface area contributed by atoms with Crippen LogP contribution in [0, 0.1) is 5.82 Å². The summed E-state index contributed by atoms with van der Waals surface area (Å²) in [6, 6.07) is 19.9. The summed E-state index contributed by atoms with van der Waals surface area (Å²) in [6.07, 6.45) is -0.543.